The number of hydrogen-bond acceptors (Lipinski definition) is 10. The van der Waals surface area contributed by atoms with E-state index in [1.165, 1.54) is 14.0 Å². The van der Waals surface area contributed by atoms with Crippen LogP contribution >= 0.6 is 8.09 Å². The molecule has 0 saturated carbocycles. The molecule has 3 atom stereocenters. The van der Waals surface area contributed by atoms with Crippen LogP contribution in [0.2, 0.25) is 0 Å². The van der Waals surface area contributed by atoms with Gasteiger partial charge < -0.3 is 0 Å². The van der Waals surface area contributed by atoms with Gasteiger partial charge in [0.25, 0.3) is 0 Å². The van der Waals surface area contributed by atoms with Gasteiger partial charge in [0.15, 0.2) is 0 Å². The molecular weight excluding hydrogens is 433 g/mol. The Morgan fingerprint density at radius 2 is 2.10 bits per heavy atom. The molecule has 2 heterocycles. The summed E-state index contributed by atoms with van der Waals surface area (Å²) in [5, 5.41) is 7.89. The molecular formula is C18H32N3O9P. The Morgan fingerprint density at radius 1 is 1.39 bits per heavy atom. The molecule has 0 aliphatic carbocycles. The fraction of sp³-hybridized carbons (Fsp3) is 0.778. The summed E-state index contributed by atoms with van der Waals surface area (Å²) >= 11 is 0. The second-order valence-electron chi connectivity index (χ2n) is 8.27. The Bertz CT molecular complexity index is 705. The molecule has 2 amide bonds. The van der Waals surface area contributed by atoms with Crippen molar-refractivity contribution in [3.63, 3.8) is 0 Å². The van der Waals surface area contributed by atoms with Gasteiger partial charge in [0.2, 0.25) is 0 Å². The van der Waals surface area contributed by atoms with Crippen LogP contribution in [0.5, 0.6) is 0 Å². The third-order valence-corrected chi connectivity index (χ3v) is 6.87. The summed E-state index contributed by atoms with van der Waals surface area (Å²) in [7, 11) is -2.84. The zero-order valence-corrected chi connectivity index (χ0v) is 19.2. The van der Waals surface area contributed by atoms with E-state index in [9.17, 15) is 24.1 Å². The standard InChI is InChI=1S/C18H32N3O9P/c1-11(17(25)28-9-12-5-6-13(22)20-12)21-31(26)29-10-18(2,3)15(30-31)16(24)19-8-7-14(23)27-4/h11-12,15,21,26,31H,5-10H2,1-4H3,(H,19,24)(H,20,22)/t11-,12+,15-/m0/s1. The van der Waals surface area contributed by atoms with Crippen molar-refractivity contribution in [2.45, 2.75) is 58.2 Å². The number of ether oxygens (including phenoxy) is 2. The molecule has 2 rings (SSSR count). The van der Waals surface area contributed by atoms with E-state index in [1.54, 1.807) is 13.8 Å². The van der Waals surface area contributed by atoms with Gasteiger partial charge >= 0.3 is 181 Å². The molecule has 2 aliphatic rings. The Hall–Kier alpha value is -1.85. The van der Waals surface area contributed by atoms with E-state index in [0.717, 1.165) is 0 Å². The van der Waals surface area contributed by atoms with Gasteiger partial charge in [-0.2, -0.15) is 0 Å². The number of amides is 2. The van der Waals surface area contributed by atoms with E-state index >= 15 is 0 Å². The van der Waals surface area contributed by atoms with Crippen molar-refractivity contribution in [1.82, 2.24) is 15.7 Å². The molecule has 0 aromatic heterocycles. The summed E-state index contributed by atoms with van der Waals surface area (Å²) in [4.78, 5) is 58.0. The third kappa shape index (κ3) is 7.36. The van der Waals surface area contributed by atoms with Gasteiger partial charge in [-0.25, -0.2) is 0 Å². The Labute approximate surface area is 181 Å². The van der Waals surface area contributed by atoms with Crippen molar-refractivity contribution >= 4 is 31.8 Å². The number of rotatable bonds is 9. The molecule has 4 N–H and O–H groups in total. The zero-order chi connectivity index (χ0) is 23.2. The molecule has 2 aliphatic heterocycles. The van der Waals surface area contributed by atoms with Crippen molar-refractivity contribution in [1.29, 1.82) is 0 Å². The Morgan fingerprint density at radius 3 is 2.71 bits per heavy atom. The minimum absolute atomic E-state index is 0.00381. The van der Waals surface area contributed by atoms with Crippen LogP contribution in [0.4, 0.5) is 0 Å². The van der Waals surface area contributed by atoms with E-state index in [0.29, 0.717) is 12.8 Å². The van der Waals surface area contributed by atoms with Gasteiger partial charge in [-0.3, -0.25) is 0 Å². The fourth-order valence-electron chi connectivity index (χ4n) is 3.12. The van der Waals surface area contributed by atoms with Crippen LogP contribution in [0, 0.1) is 5.41 Å². The van der Waals surface area contributed by atoms with Crippen molar-refractivity contribution < 1.29 is 42.6 Å². The number of nitrogens with one attached hydrogen (secondary N) is 3. The molecule has 2 fully saturated rings. The summed E-state index contributed by atoms with van der Waals surface area (Å²) in [6, 6.07) is -1.21. The molecule has 13 heteroatoms. The van der Waals surface area contributed by atoms with Crippen LogP contribution in [-0.2, 0) is 37.7 Å². The van der Waals surface area contributed by atoms with Crippen LogP contribution in [0.3, 0.4) is 0 Å². The van der Waals surface area contributed by atoms with Crippen LogP contribution in [-0.4, -0.2) is 73.7 Å². The second-order valence-corrected chi connectivity index (χ2v) is 10.3. The Balaban J connectivity index is 1.89. The van der Waals surface area contributed by atoms with E-state index in [4.69, 9.17) is 13.8 Å². The van der Waals surface area contributed by atoms with Crippen molar-refractivity contribution in [3.05, 3.63) is 0 Å². The van der Waals surface area contributed by atoms with Gasteiger partial charge in [-0.1, -0.05) is 0 Å². The van der Waals surface area contributed by atoms with Crippen LogP contribution in [0.25, 0.3) is 0 Å². The van der Waals surface area contributed by atoms with Gasteiger partial charge in [0.05, 0.1) is 0 Å². The molecule has 0 bridgehead atoms. The molecule has 12 nitrogen and oxygen atoms in total. The summed E-state index contributed by atoms with van der Waals surface area (Å²) < 4.78 is 20.8. The third-order valence-electron chi connectivity index (χ3n) is 4.99. The number of carbonyl (C=O) groups is 4. The SMILES string of the molecule is COC(=O)CCNC(=O)[C@@H]1O[PH](O)(N[C@@H](C)C(=O)OC[C@H]2CCC(=O)N2)OCC1(C)C. The average Bonchev–Trinajstić information content (AvgIpc) is 3.13. The van der Waals surface area contributed by atoms with Gasteiger partial charge in [0.1, 0.15) is 0 Å². The minimum atomic E-state index is -4.09. The number of methoxy groups -OCH3 is 1. The van der Waals surface area contributed by atoms with E-state index < -0.39 is 43.5 Å². The molecule has 0 spiro atoms. The predicted molar refractivity (Wildman–Crippen MR) is 110 cm³/mol. The zero-order valence-electron chi connectivity index (χ0n) is 18.2. The molecule has 0 aromatic rings. The second kappa shape index (κ2) is 10.6. The normalized spacial score (nSPS) is 26.3. The van der Waals surface area contributed by atoms with Crippen LogP contribution in [0.1, 0.15) is 40.0 Å². The van der Waals surface area contributed by atoms with E-state index in [1.807, 2.05) is 0 Å². The first-order chi connectivity index (χ1) is 14.5. The number of esters is 2. The van der Waals surface area contributed by atoms with Crippen molar-refractivity contribution in [2.24, 2.45) is 5.41 Å². The van der Waals surface area contributed by atoms with Crippen molar-refractivity contribution in [2.75, 3.05) is 26.9 Å². The van der Waals surface area contributed by atoms with Crippen LogP contribution < -0.4 is 15.7 Å². The molecule has 178 valence electrons. The average molecular weight is 465 g/mol. The summed E-state index contributed by atoms with van der Waals surface area (Å²) in [5.74, 6) is -1.73. The quantitative estimate of drug-likeness (QED) is 0.253. The number of hydrogen-bond donors (Lipinski definition) is 4. The summed E-state index contributed by atoms with van der Waals surface area (Å²) in [6.45, 7) is 5.02. The predicted octanol–water partition coefficient (Wildman–Crippen LogP) is -0.691. The fourth-order valence-corrected chi connectivity index (χ4v) is 5.32. The van der Waals surface area contributed by atoms with E-state index in [-0.39, 0.29) is 38.1 Å². The van der Waals surface area contributed by atoms with E-state index in [2.05, 4.69) is 20.5 Å². The maximum atomic E-state index is 12.6. The first-order valence-corrected chi connectivity index (χ1v) is 11.8. The Kier molecular flexibility index (Phi) is 8.73. The molecule has 2 saturated heterocycles. The maximum absolute atomic E-state index is 12.6. The molecule has 31 heavy (non-hydrogen) atoms. The first kappa shape index (κ1) is 25.4. The summed E-state index contributed by atoms with van der Waals surface area (Å²) in [5.41, 5.74) is -0.763. The van der Waals surface area contributed by atoms with Gasteiger partial charge in [-0.05, 0) is 0 Å². The van der Waals surface area contributed by atoms with Gasteiger partial charge in [0, 0.05) is 0 Å². The van der Waals surface area contributed by atoms with Crippen LogP contribution in [0.15, 0.2) is 0 Å². The van der Waals surface area contributed by atoms with Crippen molar-refractivity contribution in [3.8, 4) is 0 Å². The molecule has 0 aromatic carbocycles. The molecule has 0 unspecified atom stereocenters. The molecule has 0 radical (unpaired) electrons. The van der Waals surface area contributed by atoms with Gasteiger partial charge in [-0.15, -0.1) is 0 Å². The monoisotopic (exact) mass is 465 g/mol. The topological polar surface area (TPSA) is 162 Å². The number of carbonyl (C=O) groups excluding carboxylic acids is 4. The summed E-state index contributed by atoms with van der Waals surface area (Å²) in [6.07, 6.45) is -0.0972. The first-order valence-electron chi connectivity index (χ1n) is 10.1.